The van der Waals surface area contributed by atoms with Crippen molar-refractivity contribution in [1.82, 2.24) is 4.98 Å². The molecule has 2 aromatic rings. The number of ether oxygens (including phenoxy) is 1. The quantitative estimate of drug-likeness (QED) is 0.870. The van der Waals surface area contributed by atoms with E-state index in [0.29, 0.717) is 13.2 Å². The Morgan fingerprint density at radius 2 is 2.06 bits per heavy atom. The van der Waals surface area contributed by atoms with Crippen molar-refractivity contribution in [2.24, 2.45) is 5.73 Å². The summed E-state index contributed by atoms with van der Waals surface area (Å²) in [5.41, 5.74) is 7.58. The summed E-state index contributed by atoms with van der Waals surface area (Å²) in [5.74, 6) is 0.855. The highest BCUT2D eigenvalue weighted by atomic mass is 32.1. The van der Waals surface area contributed by atoms with E-state index in [2.05, 4.69) is 17.3 Å². The van der Waals surface area contributed by atoms with Gasteiger partial charge in [0.25, 0.3) is 0 Å². The fourth-order valence-corrected chi connectivity index (χ4v) is 2.58. The lowest BCUT2D eigenvalue weighted by Crippen LogP contribution is -2.10. The number of thiazole rings is 1. The van der Waals surface area contributed by atoms with Crippen molar-refractivity contribution in [3.8, 4) is 17.0 Å². The van der Waals surface area contributed by atoms with Crippen LogP contribution in [0.15, 0.2) is 29.6 Å². The van der Waals surface area contributed by atoms with E-state index < -0.39 is 0 Å². The highest BCUT2D eigenvalue weighted by Gasteiger charge is 2.04. The molecule has 0 atom stereocenters. The average molecular weight is 262 g/mol. The number of benzene rings is 1. The van der Waals surface area contributed by atoms with Gasteiger partial charge in [0.05, 0.1) is 10.7 Å². The van der Waals surface area contributed by atoms with Crippen LogP contribution >= 0.6 is 11.3 Å². The molecule has 0 bridgehead atoms. The molecule has 1 aromatic heterocycles. The summed E-state index contributed by atoms with van der Waals surface area (Å²) in [6, 6.07) is 8.00. The number of rotatable bonds is 6. The van der Waals surface area contributed by atoms with E-state index in [1.54, 1.807) is 11.3 Å². The van der Waals surface area contributed by atoms with Crippen LogP contribution in [0.1, 0.15) is 18.4 Å². The molecule has 1 heterocycles. The number of aryl methyl sites for hydroxylation is 1. The van der Waals surface area contributed by atoms with Crippen LogP contribution in [0.4, 0.5) is 0 Å². The molecule has 0 saturated heterocycles. The van der Waals surface area contributed by atoms with Crippen LogP contribution in [-0.2, 0) is 6.42 Å². The minimum Gasteiger partial charge on any atom is -0.492 e. The maximum absolute atomic E-state index is 5.45. The van der Waals surface area contributed by atoms with E-state index in [9.17, 15) is 0 Å². The van der Waals surface area contributed by atoms with E-state index >= 15 is 0 Å². The minimum absolute atomic E-state index is 0.536. The summed E-state index contributed by atoms with van der Waals surface area (Å²) in [4.78, 5) is 4.62. The predicted octanol–water partition coefficient (Wildman–Crippen LogP) is 3.10. The molecule has 0 fully saturated rings. The van der Waals surface area contributed by atoms with Gasteiger partial charge in [-0.1, -0.05) is 6.92 Å². The molecule has 1 aromatic carbocycles. The molecule has 2 rings (SSSR count). The zero-order chi connectivity index (χ0) is 12.8. The molecule has 0 unspecified atom stereocenters. The standard InChI is InChI=1S/C14H18N2OS/c1-2-3-14-16-13(10-18-14)11-4-6-12(7-5-11)17-9-8-15/h4-7,10H,2-3,8-9,15H2,1H3. The zero-order valence-corrected chi connectivity index (χ0v) is 11.4. The summed E-state index contributed by atoms with van der Waals surface area (Å²) in [6.45, 7) is 3.26. The average Bonchev–Trinajstić information content (AvgIpc) is 2.86. The Morgan fingerprint density at radius 3 is 2.72 bits per heavy atom. The second kappa shape index (κ2) is 6.52. The van der Waals surface area contributed by atoms with Crippen LogP contribution in [0.25, 0.3) is 11.3 Å². The smallest absolute Gasteiger partial charge is 0.119 e. The molecule has 0 radical (unpaired) electrons. The Bertz CT molecular complexity index is 479. The van der Waals surface area contributed by atoms with Crippen LogP contribution in [0.3, 0.4) is 0 Å². The fraction of sp³-hybridized carbons (Fsp3) is 0.357. The predicted molar refractivity (Wildman–Crippen MR) is 76.1 cm³/mol. The highest BCUT2D eigenvalue weighted by Crippen LogP contribution is 2.24. The van der Waals surface area contributed by atoms with Gasteiger partial charge in [-0.05, 0) is 37.1 Å². The van der Waals surface area contributed by atoms with Crippen molar-refractivity contribution >= 4 is 11.3 Å². The lowest BCUT2D eigenvalue weighted by molar-refractivity contribution is 0.328. The topological polar surface area (TPSA) is 48.1 Å². The third kappa shape index (κ3) is 3.31. The van der Waals surface area contributed by atoms with Gasteiger partial charge in [-0.25, -0.2) is 4.98 Å². The molecule has 4 heteroatoms. The molecule has 0 aliphatic carbocycles. The summed E-state index contributed by atoms with van der Waals surface area (Å²) in [5, 5.41) is 3.32. The molecular formula is C14H18N2OS. The minimum atomic E-state index is 0.536. The third-order valence-corrected chi connectivity index (χ3v) is 3.46. The van der Waals surface area contributed by atoms with Crippen LogP contribution in [0, 0.1) is 0 Å². The molecule has 0 spiro atoms. The highest BCUT2D eigenvalue weighted by molar-refractivity contribution is 7.09. The van der Waals surface area contributed by atoms with E-state index in [-0.39, 0.29) is 0 Å². The molecule has 0 aliphatic rings. The summed E-state index contributed by atoms with van der Waals surface area (Å²) < 4.78 is 5.45. The van der Waals surface area contributed by atoms with Gasteiger partial charge in [0.1, 0.15) is 12.4 Å². The van der Waals surface area contributed by atoms with Crippen molar-refractivity contribution in [1.29, 1.82) is 0 Å². The maximum atomic E-state index is 5.45. The van der Waals surface area contributed by atoms with Gasteiger partial charge in [0.2, 0.25) is 0 Å². The number of nitrogens with zero attached hydrogens (tertiary/aromatic N) is 1. The first-order valence-corrected chi connectivity index (χ1v) is 7.09. The Morgan fingerprint density at radius 1 is 1.28 bits per heavy atom. The maximum Gasteiger partial charge on any atom is 0.119 e. The van der Waals surface area contributed by atoms with Gasteiger partial charge < -0.3 is 10.5 Å². The van der Waals surface area contributed by atoms with Crippen molar-refractivity contribution in [2.75, 3.05) is 13.2 Å². The largest absolute Gasteiger partial charge is 0.492 e. The Labute approximate surface area is 112 Å². The third-order valence-electron chi connectivity index (χ3n) is 2.55. The van der Waals surface area contributed by atoms with Crippen LogP contribution in [0.2, 0.25) is 0 Å². The molecule has 0 saturated carbocycles. The van der Waals surface area contributed by atoms with Crippen molar-refractivity contribution in [2.45, 2.75) is 19.8 Å². The van der Waals surface area contributed by atoms with Gasteiger partial charge in [0.15, 0.2) is 0 Å². The fourth-order valence-electron chi connectivity index (χ4n) is 1.67. The van der Waals surface area contributed by atoms with Crippen molar-refractivity contribution in [3.05, 3.63) is 34.7 Å². The summed E-state index contributed by atoms with van der Waals surface area (Å²) >= 11 is 1.73. The first-order valence-electron chi connectivity index (χ1n) is 6.21. The molecule has 96 valence electrons. The Hall–Kier alpha value is -1.39. The van der Waals surface area contributed by atoms with Gasteiger partial charge in [-0.3, -0.25) is 0 Å². The zero-order valence-electron chi connectivity index (χ0n) is 10.6. The monoisotopic (exact) mass is 262 g/mol. The lowest BCUT2D eigenvalue weighted by atomic mass is 10.2. The Balaban J connectivity index is 2.07. The summed E-state index contributed by atoms with van der Waals surface area (Å²) in [6.07, 6.45) is 2.20. The lowest BCUT2D eigenvalue weighted by Gasteiger charge is -2.04. The number of aromatic nitrogens is 1. The molecule has 0 amide bonds. The van der Waals surface area contributed by atoms with Crippen molar-refractivity contribution < 1.29 is 4.74 Å². The molecule has 0 aliphatic heterocycles. The van der Waals surface area contributed by atoms with E-state index in [0.717, 1.165) is 29.8 Å². The number of hydrogen-bond donors (Lipinski definition) is 1. The molecule has 3 nitrogen and oxygen atoms in total. The first-order chi connectivity index (χ1) is 8.83. The summed E-state index contributed by atoms with van der Waals surface area (Å²) in [7, 11) is 0. The van der Waals surface area contributed by atoms with E-state index in [4.69, 9.17) is 10.5 Å². The van der Waals surface area contributed by atoms with E-state index in [1.807, 2.05) is 24.3 Å². The van der Waals surface area contributed by atoms with Crippen molar-refractivity contribution in [3.63, 3.8) is 0 Å². The van der Waals surface area contributed by atoms with Gasteiger partial charge >= 0.3 is 0 Å². The van der Waals surface area contributed by atoms with Gasteiger partial charge in [-0.2, -0.15) is 0 Å². The van der Waals surface area contributed by atoms with E-state index in [1.165, 1.54) is 5.01 Å². The van der Waals surface area contributed by atoms with Crippen LogP contribution in [-0.4, -0.2) is 18.1 Å². The van der Waals surface area contributed by atoms with Crippen LogP contribution < -0.4 is 10.5 Å². The Kier molecular flexibility index (Phi) is 4.73. The molecular weight excluding hydrogens is 244 g/mol. The van der Waals surface area contributed by atoms with Gasteiger partial charge in [-0.15, -0.1) is 11.3 Å². The molecule has 2 N–H and O–H groups in total. The normalized spacial score (nSPS) is 10.6. The van der Waals surface area contributed by atoms with Gasteiger partial charge in [0, 0.05) is 17.5 Å². The number of nitrogens with two attached hydrogens (primary N) is 1. The molecule has 18 heavy (non-hydrogen) atoms. The second-order valence-electron chi connectivity index (χ2n) is 4.04. The first kappa shape index (κ1) is 13.1. The van der Waals surface area contributed by atoms with Crippen LogP contribution in [0.5, 0.6) is 5.75 Å². The second-order valence-corrected chi connectivity index (χ2v) is 4.98. The number of hydrogen-bond acceptors (Lipinski definition) is 4. The SMILES string of the molecule is CCCc1nc(-c2ccc(OCCN)cc2)cs1.